The first kappa shape index (κ1) is 17.6. The molecule has 0 fully saturated rings. The van der Waals surface area contributed by atoms with Gasteiger partial charge in [-0.25, -0.2) is 4.79 Å². The first-order valence-corrected chi connectivity index (χ1v) is 5.98. The third-order valence-corrected chi connectivity index (χ3v) is 2.79. The Hall–Kier alpha value is -1.45. The molecule has 1 amide bonds. The number of halogens is 3. The van der Waals surface area contributed by atoms with Crippen LogP contribution >= 0.6 is 11.8 Å². The summed E-state index contributed by atoms with van der Waals surface area (Å²) < 4.78 is 44.7. The number of ether oxygens (including phenoxy) is 2. The third-order valence-electron chi connectivity index (χ3n) is 1.78. The fraction of sp³-hybridized carbons (Fsp3) is 0.667. The van der Waals surface area contributed by atoms with Crippen molar-refractivity contribution in [2.45, 2.75) is 12.2 Å². The van der Waals surface area contributed by atoms with E-state index in [0.717, 1.165) is 26.0 Å². The highest BCUT2D eigenvalue weighted by Crippen LogP contribution is 2.15. The van der Waals surface area contributed by atoms with Gasteiger partial charge in [-0.1, -0.05) is 0 Å². The number of esters is 2. The minimum Gasteiger partial charge on any atom is -0.468 e. The van der Waals surface area contributed by atoms with Crippen LogP contribution in [-0.4, -0.2) is 55.8 Å². The van der Waals surface area contributed by atoms with Crippen LogP contribution in [0.5, 0.6) is 0 Å². The number of alkyl halides is 3. The van der Waals surface area contributed by atoms with Crippen molar-refractivity contribution in [1.29, 1.82) is 0 Å². The second kappa shape index (κ2) is 7.87. The monoisotopic (exact) mass is 303 g/mol. The van der Waals surface area contributed by atoms with Crippen LogP contribution < -0.4 is 5.32 Å². The number of thioether (sulfide) groups is 1. The molecule has 0 aromatic carbocycles. The maximum Gasteiger partial charge on any atom is 0.471 e. The van der Waals surface area contributed by atoms with Crippen LogP contribution in [0, 0.1) is 0 Å². The molecule has 0 bridgehead atoms. The number of nitrogens with one attached hydrogen (secondary N) is 1. The van der Waals surface area contributed by atoms with Gasteiger partial charge in [-0.15, -0.1) is 11.8 Å². The Morgan fingerprint density at radius 3 is 2.21 bits per heavy atom. The van der Waals surface area contributed by atoms with Gasteiger partial charge in [-0.3, -0.25) is 9.59 Å². The predicted octanol–water partition coefficient (Wildman–Crippen LogP) is 0.113. The van der Waals surface area contributed by atoms with Crippen molar-refractivity contribution in [2.75, 3.05) is 25.7 Å². The number of methoxy groups -OCH3 is 2. The summed E-state index contributed by atoms with van der Waals surface area (Å²) in [4.78, 5) is 32.7. The molecule has 0 aromatic heterocycles. The molecule has 0 radical (unpaired) electrons. The van der Waals surface area contributed by atoms with Crippen molar-refractivity contribution < 1.29 is 37.0 Å². The molecule has 0 rings (SSSR count). The standard InChI is InChI=1S/C9H12F3NO5S/c1-17-6(14)4-19-3-5(7(15)18-2)13-8(16)9(10,11)12/h5H,3-4H2,1-2H3,(H,13,16). The second-order valence-electron chi connectivity index (χ2n) is 3.14. The van der Waals surface area contributed by atoms with Crippen LogP contribution in [0.25, 0.3) is 0 Å². The quantitative estimate of drug-likeness (QED) is 0.702. The lowest BCUT2D eigenvalue weighted by Crippen LogP contribution is -2.48. The average Bonchev–Trinajstić information content (AvgIpc) is 2.34. The first-order valence-electron chi connectivity index (χ1n) is 4.82. The number of hydrogen-bond donors (Lipinski definition) is 1. The van der Waals surface area contributed by atoms with Gasteiger partial charge in [0.2, 0.25) is 0 Å². The zero-order valence-electron chi connectivity index (χ0n) is 10.1. The topological polar surface area (TPSA) is 81.7 Å². The smallest absolute Gasteiger partial charge is 0.468 e. The van der Waals surface area contributed by atoms with Crippen LogP contribution in [0.15, 0.2) is 0 Å². The lowest BCUT2D eigenvalue weighted by atomic mass is 10.3. The van der Waals surface area contributed by atoms with E-state index < -0.39 is 30.1 Å². The van der Waals surface area contributed by atoms with Gasteiger partial charge in [0.1, 0.15) is 6.04 Å². The number of carbonyl (C=O) groups is 3. The Labute approximate surface area is 111 Å². The van der Waals surface area contributed by atoms with E-state index in [9.17, 15) is 27.6 Å². The molecule has 0 aliphatic heterocycles. The van der Waals surface area contributed by atoms with E-state index in [2.05, 4.69) is 9.47 Å². The predicted molar refractivity (Wildman–Crippen MR) is 59.3 cm³/mol. The first-order chi connectivity index (χ1) is 8.72. The van der Waals surface area contributed by atoms with Gasteiger partial charge >= 0.3 is 24.0 Å². The molecule has 110 valence electrons. The minimum absolute atomic E-state index is 0.161. The van der Waals surface area contributed by atoms with E-state index in [1.54, 1.807) is 0 Å². The van der Waals surface area contributed by atoms with Crippen molar-refractivity contribution in [1.82, 2.24) is 5.32 Å². The molecule has 6 nitrogen and oxygen atoms in total. The Morgan fingerprint density at radius 1 is 1.21 bits per heavy atom. The Balaban J connectivity index is 4.45. The Morgan fingerprint density at radius 2 is 1.79 bits per heavy atom. The Kier molecular flexibility index (Phi) is 7.27. The fourth-order valence-corrected chi connectivity index (χ4v) is 1.73. The van der Waals surface area contributed by atoms with Crippen molar-refractivity contribution in [3.8, 4) is 0 Å². The van der Waals surface area contributed by atoms with Gasteiger partial charge in [-0.05, 0) is 0 Å². The van der Waals surface area contributed by atoms with Crippen LogP contribution in [-0.2, 0) is 23.9 Å². The summed E-state index contributed by atoms with van der Waals surface area (Å²) in [7, 11) is 2.12. The van der Waals surface area contributed by atoms with Gasteiger partial charge in [0, 0.05) is 5.75 Å². The maximum absolute atomic E-state index is 12.0. The zero-order chi connectivity index (χ0) is 15.1. The summed E-state index contributed by atoms with van der Waals surface area (Å²) in [5.41, 5.74) is 0. The number of rotatable bonds is 6. The lowest BCUT2D eigenvalue weighted by molar-refractivity contribution is -0.175. The summed E-state index contributed by atoms with van der Waals surface area (Å²) >= 11 is 0.833. The van der Waals surface area contributed by atoms with Crippen molar-refractivity contribution in [3.05, 3.63) is 0 Å². The van der Waals surface area contributed by atoms with Crippen LogP contribution in [0.2, 0.25) is 0 Å². The van der Waals surface area contributed by atoms with Gasteiger partial charge in [0.15, 0.2) is 0 Å². The summed E-state index contributed by atoms with van der Waals surface area (Å²) in [6.45, 7) is 0. The summed E-state index contributed by atoms with van der Waals surface area (Å²) in [6.07, 6.45) is -5.10. The highest BCUT2D eigenvalue weighted by Gasteiger charge is 2.41. The van der Waals surface area contributed by atoms with E-state index in [1.807, 2.05) is 0 Å². The molecule has 0 heterocycles. The fourth-order valence-electron chi connectivity index (χ4n) is 0.870. The summed E-state index contributed by atoms with van der Waals surface area (Å²) in [6, 6.07) is -1.49. The number of amides is 1. The molecular formula is C9H12F3NO5S. The van der Waals surface area contributed by atoms with Crippen molar-refractivity contribution >= 4 is 29.6 Å². The van der Waals surface area contributed by atoms with E-state index in [1.165, 1.54) is 5.32 Å². The van der Waals surface area contributed by atoms with Crippen LogP contribution in [0.1, 0.15) is 0 Å². The van der Waals surface area contributed by atoms with Gasteiger partial charge < -0.3 is 14.8 Å². The second-order valence-corrected chi connectivity index (χ2v) is 4.17. The van der Waals surface area contributed by atoms with E-state index in [4.69, 9.17) is 0 Å². The lowest BCUT2D eigenvalue weighted by Gasteiger charge is -2.16. The largest absolute Gasteiger partial charge is 0.471 e. The highest BCUT2D eigenvalue weighted by molar-refractivity contribution is 8.00. The average molecular weight is 303 g/mol. The molecule has 0 aliphatic carbocycles. The summed E-state index contributed by atoms with van der Waals surface area (Å²) in [5.74, 6) is -4.29. The van der Waals surface area contributed by atoms with Crippen molar-refractivity contribution in [2.24, 2.45) is 0 Å². The third kappa shape index (κ3) is 6.89. The minimum atomic E-state index is -5.10. The van der Waals surface area contributed by atoms with E-state index in [-0.39, 0.29) is 11.5 Å². The van der Waals surface area contributed by atoms with E-state index in [0.29, 0.717) is 0 Å². The SMILES string of the molecule is COC(=O)CSCC(NC(=O)C(F)(F)F)C(=O)OC. The molecule has 0 aliphatic rings. The highest BCUT2D eigenvalue weighted by atomic mass is 32.2. The zero-order valence-corrected chi connectivity index (χ0v) is 10.9. The molecule has 0 saturated heterocycles. The molecule has 0 saturated carbocycles. The van der Waals surface area contributed by atoms with Gasteiger partial charge in [0.25, 0.3) is 0 Å². The van der Waals surface area contributed by atoms with E-state index >= 15 is 0 Å². The molecule has 0 aromatic rings. The molecular weight excluding hydrogens is 291 g/mol. The molecule has 10 heteroatoms. The molecule has 0 spiro atoms. The normalized spacial score (nSPS) is 12.5. The maximum atomic E-state index is 12.0. The Bertz CT molecular complexity index is 347. The number of carbonyl (C=O) groups excluding carboxylic acids is 3. The molecule has 1 N–H and O–H groups in total. The number of hydrogen-bond acceptors (Lipinski definition) is 6. The molecule has 1 atom stereocenters. The molecule has 1 unspecified atom stereocenters. The van der Waals surface area contributed by atoms with Gasteiger partial charge in [0.05, 0.1) is 20.0 Å². The van der Waals surface area contributed by atoms with Crippen LogP contribution in [0.3, 0.4) is 0 Å². The van der Waals surface area contributed by atoms with Gasteiger partial charge in [-0.2, -0.15) is 13.2 Å². The van der Waals surface area contributed by atoms with Crippen molar-refractivity contribution in [3.63, 3.8) is 0 Å². The molecule has 19 heavy (non-hydrogen) atoms. The van der Waals surface area contributed by atoms with Crippen LogP contribution in [0.4, 0.5) is 13.2 Å². The summed E-state index contributed by atoms with van der Waals surface area (Å²) in [5, 5.41) is 1.49.